The van der Waals surface area contributed by atoms with E-state index in [1.165, 1.54) is 0 Å². The quantitative estimate of drug-likeness (QED) is 0.729. The van der Waals surface area contributed by atoms with Gasteiger partial charge >= 0.3 is 6.09 Å². The maximum Gasteiger partial charge on any atom is 0.407 e. The van der Waals surface area contributed by atoms with Crippen LogP contribution in [0, 0.1) is 5.92 Å². The van der Waals surface area contributed by atoms with Gasteiger partial charge < -0.3 is 15.8 Å². The number of carbonyl (C=O) groups is 1. The smallest absolute Gasteiger partial charge is 0.407 e. The molecule has 1 amide bonds. The van der Waals surface area contributed by atoms with E-state index in [1.807, 2.05) is 34.6 Å². The number of nitrogens with two attached hydrogens (primary N) is 1. The molecule has 4 heteroatoms. The first-order valence-corrected chi connectivity index (χ1v) is 4.95. The van der Waals surface area contributed by atoms with Gasteiger partial charge in [0, 0.05) is 12.6 Å². The first-order chi connectivity index (χ1) is 6.22. The zero-order chi connectivity index (χ0) is 11.4. The van der Waals surface area contributed by atoms with Gasteiger partial charge in [-0.1, -0.05) is 13.8 Å². The Hall–Kier alpha value is -0.770. The fourth-order valence-electron chi connectivity index (χ4n) is 0.751. The first-order valence-electron chi connectivity index (χ1n) is 4.95. The van der Waals surface area contributed by atoms with E-state index in [4.69, 9.17) is 10.5 Å². The van der Waals surface area contributed by atoms with Gasteiger partial charge in [0.1, 0.15) is 5.60 Å². The highest BCUT2D eigenvalue weighted by Crippen LogP contribution is 2.06. The second kappa shape index (κ2) is 5.20. The number of rotatable bonds is 3. The highest BCUT2D eigenvalue weighted by molar-refractivity contribution is 5.67. The van der Waals surface area contributed by atoms with Gasteiger partial charge in [0.15, 0.2) is 0 Å². The van der Waals surface area contributed by atoms with Crippen LogP contribution in [0.4, 0.5) is 4.79 Å². The molecular formula is C10H22N2O2. The lowest BCUT2D eigenvalue weighted by molar-refractivity contribution is 0.0522. The van der Waals surface area contributed by atoms with E-state index in [0.717, 1.165) is 0 Å². The second-order valence-corrected chi connectivity index (χ2v) is 4.79. The lowest BCUT2D eigenvalue weighted by Gasteiger charge is -2.21. The van der Waals surface area contributed by atoms with E-state index in [1.54, 1.807) is 0 Å². The van der Waals surface area contributed by atoms with Gasteiger partial charge in [0.25, 0.3) is 0 Å². The van der Waals surface area contributed by atoms with Crippen LogP contribution in [0.25, 0.3) is 0 Å². The molecule has 4 nitrogen and oxygen atoms in total. The number of carbonyl (C=O) groups excluding carboxylic acids is 1. The Morgan fingerprint density at radius 3 is 2.29 bits per heavy atom. The Kier molecular flexibility index (Phi) is 4.91. The van der Waals surface area contributed by atoms with Crippen LogP contribution < -0.4 is 11.1 Å². The summed E-state index contributed by atoms with van der Waals surface area (Å²) < 4.78 is 5.06. The molecule has 0 fully saturated rings. The van der Waals surface area contributed by atoms with Gasteiger partial charge in [-0.3, -0.25) is 0 Å². The SMILES string of the molecule is CC(C)C(N)CNC(=O)OC(C)(C)C. The van der Waals surface area contributed by atoms with Crippen molar-refractivity contribution in [3.63, 3.8) is 0 Å². The van der Waals surface area contributed by atoms with Gasteiger partial charge in [-0.25, -0.2) is 4.79 Å². The summed E-state index contributed by atoms with van der Waals surface area (Å²) >= 11 is 0. The monoisotopic (exact) mass is 202 g/mol. The molecular weight excluding hydrogens is 180 g/mol. The summed E-state index contributed by atoms with van der Waals surface area (Å²) in [6.07, 6.45) is -0.409. The van der Waals surface area contributed by atoms with Crippen LogP contribution in [0.3, 0.4) is 0 Å². The van der Waals surface area contributed by atoms with E-state index >= 15 is 0 Å². The highest BCUT2D eigenvalue weighted by Gasteiger charge is 2.16. The van der Waals surface area contributed by atoms with Crippen molar-refractivity contribution in [1.29, 1.82) is 0 Å². The van der Waals surface area contributed by atoms with Crippen LogP contribution in [0.2, 0.25) is 0 Å². The van der Waals surface area contributed by atoms with Gasteiger partial charge in [-0.15, -0.1) is 0 Å². The molecule has 0 aliphatic rings. The third-order valence-electron chi connectivity index (χ3n) is 1.74. The molecule has 0 saturated heterocycles. The molecule has 84 valence electrons. The lowest BCUT2D eigenvalue weighted by atomic mass is 10.1. The van der Waals surface area contributed by atoms with E-state index in [2.05, 4.69) is 5.32 Å². The minimum Gasteiger partial charge on any atom is -0.444 e. The summed E-state index contributed by atoms with van der Waals surface area (Å²) in [5.41, 5.74) is 5.31. The molecule has 0 aliphatic heterocycles. The molecule has 3 N–H and O–H groups in total. The Morgan fingerprint density at radius 2 is 1.93 bits per heavy atom. The van der Waals surface area contributed by atoms with Crippen molar-refractivity contribution in [2.45, 2.75) is 46.3 Å². The molecule has 0 aliphatic carbocycles. The standard InChI is InChI=1S/C10H22N2O2/c1-7(2)8(11)6-12-9(13)14-10(3,4)5/h7-8H,6,11H2,1-5H3,(H,12,13). The molecule has 0 aromatic rings. The summed E-state index contributed by atoms with van der Waals surface area (Å²) in [5, 5.41) is 2.63. The molecule has 0 aromatic heterocycles. The molecule has 1 atom stereocenters. The van der Waals surface area contributed by atoms with Crippen LogP contribution in [-0.2, 0) is 4.74 Å². The summed E-state index contributed by atoms with van der Waals surface area (Å²) in [7, 11) is 0. The number of amides is 1. The van der Waals surface area contributed by atoms with Crippen molar-refractivity contribution < 1.29 is 9.53 Å². The highest BCUT2D eigenvalue weighted by atomic mass is 16.6. The van der Waals surface area contributed by atoms with Gasteiger partial charge in [0.05, 0.1) is 0 Å². The van der Waals surface area contributed by atoms with E-state index in [0.29, 0.717) is 12.5 Å². The third-order valence-corrected chi connectivity index (χ3v) is 1.74. The minimum atomic E-state index is -0.452. The Balaban J connectivity index is 3.75. The summed E-state index contributed by atoms with van der Waals surface area (Å²) in [4.78, 5) is 11.2. The van der Waals surface area contributed by atoms with Crippen molar-refractivity contribution in [2.75, 3.05) is 6.54 Å². The number of nitrogens with one attached hydrogen (secondary N) is 1. The average molecular weight is 202 g/mol. The Morgan fingerprint density at radius 1 is 1.43 bits per heavy atom. The maximum absolute atomic E-state index is 11.2. The van der Waals surface area contributed by atoms with Crippen molar-refractivity contribution in [3.8, 4) is 0 Å². The average Bonchev–Trinajstić information content (AvgIpc) is 1.96. The van der Waals surface area contributed by atoms with Crippen LogP contribution in [0.5, 0.6) is 0 Å². The van der Waals surface area contributed by atoms with Crippen molar-refractivity contribution in [2.24, 2.45) is 11.7 Å². The molecule has 0 rings (SSSR count). The van der Waals surface area contributed by atoms with E-state index in [9.17, 15) is 4.79 Å². The largest absolute Gasteiger partial charge is 0.444 e. The molecule has 0 spiro atoms. The molecule has 1 unspecified atom stereocenters. The number of hydrogen-bond donors (Lipinski definition) is 2. The van der Waals surface area contributed by atoms with E-state index < -0.39 is 11.7 Å². The normalized spacial score (nSPS) is 13.9. The van der Waals surface area contributed by atoms with E-state index in [-0.39, 0.29) is 6.04 Å². The molecule has 0 heterocycles. The number of hydrogen-bond acceptors (Lipinski definition) is 3. The van der Waals surface area contributed by atoms with Crippen molar-refractivity contribution >= 4 is 6.09 Å². The van der Waals surface area contributed by atoms with Crippen LogP contribution >= 0.6 is 0 Å². The third kappa shape index (κ3) is 6.71. The fourth-order valence-corrected chi connectivity index (χ4v) is 0.751. The Bertz CT molecular complexity index is 185. The van der Waals surface area contributed by atoms with Crippen LogP contribution in [0.1, 0.15) is 34.6 Å². The van der Waals surface area contributed by atoms with Gasteiger partial charge in [0.2, 0.25) is 0 Å². The zero-order valence-electron chi connectivity index (χ0n) is 9.76. The van der Waals surface area contributed by atoms with Gasteiger partial charge in [-0.2, -0.15) is 0 Å². The first kappa shape index (κ1) is 13.2. The Labute approximate surface area is 86.2 Å². The van der Waals surface area contributed by atoms with Gasteiger partial charge in [-0.05, 0) is 26.7 Å². The molecule has 0 aromatic carbocycles. The second-order valence-electron chi connectivity index (χ2n) is 4.79. The summed E-state index contributed by atoms with van der Waals surface area (Å²) in [6, 6.07) is -0.0254. The summed E-state index contributed by atoms with van der Waals surface area (Å²) in [6.45, 7) is 9.97. The van der Waals surface area contributed by atoms with Crippen molar-refractivity contribution in [3.05, 3.63) is 0 Å². The molecule has 0 saturated carbocycles. The zero-order valence-corrected chi connectivity index (χ0v) is 9.76. The fraction of sp³-hybridized carbons (Fsp3) is 0.900. The molecule has 0 bridgehead atoms. The number of alkyl carbamates (subject to hydrolysis) is 1. The minimum absolute atomic E-state index is 0.0254. The predicted octanol–water partition coefficient (Wildman–Crippen LogP) is 1.49. The topological polar surface area (TPSA) is 64.3 Å². The molecule has 0 radical (unpaired) electrons. The molecule has 14 heavy (non-hydrogen) atoms. The van der Waals surface area contributed by atoms with Crippen LogP contribution in [-0.4, -0.2) is 24.3 Å². The lowest BCUT2D eigenvalue weighted by Crippen LogP contribution is -2.42. The number of ether oxygens (including phenoxy) is 1. The summed E-state index contributed by atoms with van der Waals surface area (Å²) in [5.74, 6) is 0.352. The predicted molar refractivity (Wildman–Crippen MR) is 57.1 cm³/mol. The maximum atomic E-state index is 11.2. The van der Waals surface area contributed by atoms with Crippen LogP contribution in [0.15, 0.2) is 0 Å². The van der Waals surface area contributed by atoms with Crippen molar-refractivity contribution in [1.82, 2.24) is 5.32 Å².